The molecule has 2 rings (SSSR count). The Kier molecular flexibility index (Phi) is 6.11. The summed E-state index contributed by atoms with van der Waals surface area (Å²) in [5.41, 5.74) is 1.53. The molecule has 0 radical (unpaired) electrons. The standard InChI is InChI=1S/C17H17ClFN3O/c1-12(21-11-20-2)22-15-6-7-17(16(18)9-15)23-10-13-4-3-5-14(19)8-13/h3-9,11H,10H2,1-2H3,(H,20,21,22). The van der Waals surface area contributed by atoms with Crippen LogP contribution in [0, 0.1) is 5.82 Å². The highest BCUT2D eigenvalue weighted by Gasteiger charge is 2.05. The van der Waals surface area contributed by atoms with Crippen molar-refractivity contribution in [2.24, 2.45) is 9.98 Å². The SMILES string of the molecule is CN=CN=C(C)Nc1ccc(OCc2cccc(F)c2)c(Cl)c1. The van der Waals surface area contributed by atoms with E-state index < -0.39 is 0 Å². The minimum atomic E-state index is -0.290. The van der Waals surface area contributed by atoms with Gasteiger partial charge in [0.15, 0.2) is 0 Å². The normalized spacial score (nSPS) is 11.7. The van der Waals surface area contributed by atoms with E-state index >= 15 is 0 Å². The van der Waals surface area contributed by atoms with E-state index in [0.29, 0.717) is 16.6 Å². The number of aliphatic imine (C=N–C) groups is 2. The Morgan fingerprint density at radius 3 is 2.83 bits per heavy atom. The second-order valence-electron chi connectivity index (χ2n) is 4.78. The molecule has 0 unspecified atom stereocenters. The zero-order valence-electron chi connectivity index (χ0n) is 12.9. The topological polar surface area (TPSA) is 46.0 Å². The van der Waals surface area contributed by atoms with Gasteiger partial charge in [0, 0.05) is 12.7 Å². The summed E-state index contributed by atoms with van der Waals surface area (Å²) in [7, 11) is 1.65. The first-order valence-electron chi connectivity index (χ1n) is 6.97. The average Bonchev–Trinajstić information content (AvgIpc) is 2.52. The zero-order chi connectivity index (χ0) is 16.7. The molecule has 4 nitrogen and oxygen atoms in total. The number of benzene rings is 2. The first-order valence-corrected chi connectivity index (χ1v) is 7.35. The van der Waals surface area contributed by atoms with E-state index in [1.807, 2.05) is 13.0 Å². The van der Waals surface area contributed by atoms with Gasteiger partial charge in [0.25, 0.3) is 0 Å². The number of anilines is 1. The lowest BCUT2D eigenvalue weighted by molar-refractivity contribution is 0.306. The summed E-state index contributed by atoms with van der Waals surface area (Å²) in [5.74, 6) is 0.938. The molecule has 1 N–H and O–H groups in total. The van der Waals surface area contributed by atoms with E-state index in [-0.39, 0.29) is 12.4 Å². The fraction of sp³-hybridized carbons (Fsp3) is 0.176. The van der Waals surface area contributed by atoms with Crippen molar-refractivity contribution >= 4 is 29.5 Å². The Hall–Kier alpha value is -2.40. The molecule has 2 aromatic carbocycles. The molecule has 0 aliphatic heterocycles. The fourth-order valence-corrected chi connectivity index (χ4v) is 2.10. The third-order valence-corrected chi connectivity index (χ3v) is 3.20. The van der Waals surface area contributed by atoms with Crippen molar-refractivity contribution in [2.45, 2.75) is 13.5 Å². The number of nitrogens with one attached hydrogen (secondary N) is 1. The zero-order valence-corrected chi connectivity index (χ0v) is 13.6. The van der Waals surface area contributed by atoms with Gasteiger partial charge in [0.2, 0.25) is 0 Å². The molecule has 0 heterocycles. The molecule has 0 atom stereocenters. The lowest BCUT2D eigenvalue weighted by atomic mass is 10.2. The Bertz CT molecular complexity index is 732. The van der Waals surface area contributed by atoms with Gasteiger partial charge in [0.1, 0.15) is 30.3 Å². The lowest BCUT2D eigenvalue weighted by Crippen LogP contribution is -2.07. The first-order chi connectivity index (χ1) is 11.1. The summed E-state index contributed by atoms with van der Waals surface area (Å²) < 4.78 is 18.7. The second kappa shape index (κ2) is 8.29. The molecular weight excluding hydrogens is 317 g/mol. The highest BCUT2D eigenvalue weighted by atomic mass is 35.5. The van der Waals surface area contributed by atoms with E-state index in [9.17, 15) is 4.39 Å². The molecule has 0 amide bonds. The van der Waals surface area contributed by atoms with E-state index in [1.165, 1.54) is 18.5 Å². The number of hydrogen-bond donors (Lipinski definition) is 1. The molecular formula is C17H17ClFN3O. The molecule has 0 bridgehead atoms. The molecule has 2 aromatic rings. The first kappa shape index (κ1) is 17.0. The number of nitrogens with zero attached hydrogens (tertiary/aromatic N) is 2. The Labute approximate surface area is 139 Å². The Morgan fingerprint density at radius 1 is 1.30 bits per heavy atom. The van der Waals surface area contributed by atoms with Crippen molar-refractivity contribution < 1.29 is 9.13 Å². The summed E-state index contributed by atoms with van der Waals surface area (Å²) in [5, 5.41) is 3.56. The van der Waals surface area contributed by atoms with Crippen LogP contribution in [0.2, 0.25) is 5.02 Å². The van der Waals surface area contributed by atoms with Gasteiger partial charge in [-0.1, -0.05) is 23.7 Å². The van der Waals surface area contributed by atoms with Crippen LogP contribution in [0.1, 0.15) is 12.5 Å². The summed E-state index contributed by atoms with van der Waals surface area (Å²) in [6.45, 7) is 2.07. The minimum Gasteiger partial charge on any atom is -0.487 e. The van der Waals surface area contributed by atoms with Crippen molar-refractivity contribution in [1.82, 2.24) is 0 Å². The molecule has 23 heavy (non-hydrogen) atoms. The van der Waals surface area contributed by atoms with Crippen LogP contribution >= 0.6 is 11.6 Å². The van der Waals surface area contributed by atoms with Gasteiger partial charge in [-0.3, -0.25) is 4.99 Å². The quantitative estimate of drug-likeness (QED) is 0.644. The molecule has 0 aromatic heterocycles. The van der Waals surface area contributed by atoms with E-state index in [1.54, 1.807) is 31.3 Å². The largest absolute Gasteiger partial charge is 0.487 e. The van der Waals surface area contributed by atoms with Gasteiger partial charge < -0.3 is 10.1 Å². The smallest absolute Gasteiger partial charge is 0.138 e. The monoisotopic (exact) mass is 333 g/mol. The number of ether oxygens (including phenoxy) is 1. The van der Waals surface area contributed by atoms with Crippen LogP contribution in [0.4, 0.5) is 10.1 Å². The van der Waals surface area contributed by atoms with Crippen LogP contribution in [0.5, 0.6) is 5.75 Å². The Morgan fingerprint density at radius 2 is 2.13 bits per heavy atom. The maximum atomic E-state index is 13.1. The maximum absolute atomic E-state index is 13.1. The molecule has 120 valence electrons. The van der Waals surface area contributed by atoms with Gasteiger partial charge >= 0.3 is 0 Å². The molecule has 0 fully saturated rings. The molecule has 0 aliphatic carbocycles. The summed E-state index contributed by atoms with van der Waals surface area (Å²) >= 11 is 6.21. The van der Waals surface area contributed by atoms with Crippen molar-refractivity contribution in [3.63, 3.8) is 0 Å². The second-order valence-corrected chi connectivity index (χ2v) is 5.18. The predicted octanol–water partition coefficient (Wildman–Crippen LogP) is 4.55. The van der Waals surface area contributed by atoms with E-state index in [4.69, 9.17) is 16.3 Å². The van der Waals surface area contributed by atoms with Crippen molar-refractivity contribution in [1.29, 1.82) is 0 Å². The third kappa shape index (κ3) is 5.38. The number of hydrogen-bond acceptors (Lipinski definition) is 2. The van der Waals surface area contributed by atoms with Crippen molar-refractivity contribution in [2.75, 3.05) is 12.4 Å². The summed E-state index contributed by atoms with van der Waals surface area (Å²) in [4.78, 5) is 7.86. The van der Waals surface area contributed by atoms with Crippen LogP contribution in [0.15, 0.2) is 52.4 Å². The van der Waals surface area contributed by atoms with Crippen molar-refractivity contribution in [3.8, 4) is 5.75 Å². The van der Waals surface area contributed by atoms with Gasteiger partial charge in [-0.15, -0.1) is 0 Å². The van der Waals surface area contributed by atoms with Gasteiger partial charge in [-0.05, 0) is 42.8 Å². The third-order valence-electron chi connectivity index (χ3n) is 2.91. The van der Waals surface area contributed by atoms with Gasteiger partial charge in [0.05, 0.1) is 5.02 Å². The molecule has 0 aliphatic rings. The maximum Gasteiger partial charge on any atom is 0.138 e. The number of amidine groups is 1. The van der Waals surface area contributed by atoms with Gasteiger partial charge in [-0.2, -0.15) is 0 Å². The van der Waals surface area contributed by atoms with E-state index in [0.717, 1.165) is 11.3 Å². The highest BCUT2D eigenvalue weighted by molar-refractivity contribution is 6.32. The summed E-state index contributed by atoms with van der Waals surface area (Å²) in [6.07, 6.45) is 1.46. The Balaban J connectivity index is 2.02. The minimum absolute atomic E-state index is 0.248. The molecule has 0 saturated heterocycles. The molecule has 0 spiro atoms. The van der Waals surface area contributed by atoms with Crippen LogP contribution in [-0.4, -0.2) is 19.2 Å². The average molecular weight is 334 g/mol. The van der Waals surface area contributed by atoms with Crippen molar-refractivity contribution in [3.05, 3.63) is 58.9 Å². The van der Waals surface area contributed by atoms with E-state index in [2.05, 4.69) is 15.3 Å². The number of halogens is 2. The van der Waals surface area contributed by atoms with Crippen LogP contribution in [0.3, 0.4) is 0 Å². The lowest BCUT2D eigenvalue weighted by Gasteiger charge is -2.11. The van der Waals surface area contributed by atoms with Crippen LogP contribution in [0.25, 0.3) is 0 Å². The summed E-state index contributed by atoms with van der Waals surface area (Å²) in [6, 6.07) is 11.6. The highest BCUT2D eigenvalue weighted by Crippen LogP contribution is 2.28. The van der Waals surface area contributed by atoms with Crippen LogP contribution < -0.4 is 10.1 Å². The van der Waals surface area contributed by atoms with Crippen LogP contribution in [-0.2, 0) is 6.61 Å². The number of rotatable bonds is 5. The van der Waals surface area contributed by atoms with Gasteiger partial charge in [-0.25, -0.2) is 9.38 Å². The predicted molar refractivity (Wildman–Crippen MR) is 93.3 cm³/mol. The molecule has 6 heteroatoms. The molecule has 0 saturated carbocycles. The fourth-order valence-electron chi connectivity index (χ4n) is 1.87.